The van der Waals surface area contributed by atoms with Crippen molar-refractivity contribution in [1.82, 2.24) is 0 Å². The molecule has 2 N–H and O–H groups in total. The van der Waals surface area contributed by atoms with Crippen LogP contribution in [-0.4, -0.2) is 10.2 Å². The monoisotopic (exact) mass is 442 g/mol. The number of phenolic OH excluding ortho intramolecular Hbond substituents is 2. The van der Waals surface area contributed by atoms with E-state index >= 15 is 0 Å². The van der Waals surface area contributed by atoms with Gasteiger partial charge < -0.3 is 10.2 Å². The molecule has 0 unspecified atom stereocenters. The summed E-state index contributed by atoms with van der Waals surface area (Å²) in [7, 11) is 0. The third-order valence-corrected chi connectivity index (χ3v) is 7.56. The molecular weight excluding hydrogens is 416 g/mol. The summed E-state index contributed by atoms with van der Waals surface area (Å²) in [5.74, 6) is 0.499. The molecule has 5 aromatic carbocycles. The van der Waals surface area contributed by atoms with E-state index in [4.69, 9.17) is 0 Å². The van der Waals surface area contributed by atoms with Gasteiger partial charge in [0.05, 0.1) is 0 Å². The minimum Gasteiger partial charge on any atom is -0.508 e. The largest absolute Gasteiger partial charge is 0.508 e. The number of benzene rings is 5. The molecule has 0 fully saturated rings. The number of aryl methyl sites for hydroxylation is 2. The van der Waals surface area contributed by atoms with E-state index in [9.17, 15) is 10.2 Å². The lowest BCUT2D eigenvalue weighted by Crippen LogP contribution is -2.25. The maximum atomic E-state index is 9.86. The highest BCUT2D eigenvalue weighted by molar-refractivity contribution is 6.00. The highest BCUT2D eigenvalue weighted by Crippen LogP contribution is 2.42. The number of rotatable bonds is 4. The van der Waals surface area contributed by atoms with Gasteiger partial charge in [-0.1, -0.05) is 78.9 Å². The Bertz CT molecular complexity index is 1450. The molecule has 1 aliphatic rings. The maximum absolute atomic E-state index is 9.86. The minimum absolute atomic E-state index is 0.250. The van der Waals surface area contributed by atoms with E-state index in [1.54, 1.807) is 24.3 Å². The lowest BCUT2D eigenvalue weighted by Gasteiger charge is -2.32. The molecule has 166 valence electrons. The highest BCUT2D eigenvalue weighted by atomic mass is 16.3. The zero-order valence-corrected chi connectivity index (χ0v) is 19.1. The Morgan fingerprint density at radius 2 is 1.09 bits per heavy atom. The first-order chi connectivity index (χ1) is 16.5. The summed E-state index contributed by atoms with van der Waals surface area (Å²) in [4.78, 5) is 0. The summed E-state index contributed by atoms with van der Waals surface area (Å²) in [6, 6.07) is 34.8. The van der Waals surface area contributed by atoms with Crippen LogP contribution in [0.1, 0.15) is 34.7 Å². The zero-order chi connectivity index (χ0) is 23.3. The van der Waals surface area contributed by atoms with Gasteiger partial charge in [-0.25, -0.2) is 0 Å². The fraction of sp³-hybridized carbons (Fsp3) is 0.125. The van der Waals surface area contributed by atoms with Crippen molar-refractivity contribution in [2.75, 3.05) is 0 Å². The predicted octanol–water partition coefficient (Wildman–Crippen LogP) is 7.37. The molecule has 0 radical (unpaired) electrons. The highest BCUT2D eigenvalue weighted by Gasteiger charge is 2.31. The summed E-state index contributed by atoms with van der Waals surface area (Å²) in [5, 5.41) is 22.4. The van der Waals surface area contributed by atoms with E-state index in [0.717, 1.165) is 23.1 Å². The van der Waals surface area contributed by atoms with Crippen molar-refractivity contribution >= 4 is 10.8 Å². The lowest BCUT2D eigenvalue weighted by molar-refractivity contribution is 0.474. The van der Waals surface area contributed by atoms with Crippen molar-refractivity contribution < 1.29 is 10.2 Å². The zero-order valence-electron chi connectivity index (χ0n) is 19.1. The average molecular weight is 443 g/mol. The van der Waals surface area contributed by atoms with Crippen LogP contribution in [0, 0.1) is 0 Å². The summed E-state index contributed by atoms with van der Waals surface area (Å²) < 4.78 is 0. The summed E-state index contributed by atoms with van der Waals surface area (Å²) >= 11 is 0. The molecule has 0 saturated heterocycles. The molecule has 0 aromatic heterocycles. The first-order valence-electron chi connectivity index (χ1n) is 11.8. The van der Waals surface area contributed by atoms with Gasteiger partial charge in [0, 0.05) is 5.41 Å². The van der Waals surface area contributed by atoms with Gasteiger partial charge >= 0.3 is 0 Å². The van der Waals surface area contributed by atoms with Gasteiger partial charge in [-0.2, -0.15) is 0 Å². The van der Waals surface area contributed by atoms with Crippen molar-refractivity contribution in [3.8, 4) is 22.6 Å². The van der Waals surface area contributed by atoms with Crippen LogP contribution in [0.5, 0.6) is 11.5 Å². The molecular formula is C32H26O2. The number of fused-ring (bicyclic) bond motifs is 3. The third kappa shape index (κ3) is 3.18. The van der Waals surface area contributed by atoms with Crippen LogP contribution in [0.3, 0.4) is 0 Å². The summed E-state index contributed by atoms with van der Waals surface area (Å²) in [6.07, 6.45) is 2.33. The number of phenols is 2. The molecule has 0 aliphatic heterocycles. The topological polar surface area (TPSA) is 40.5 Å². The van der Waals surface area contributed by atoms with Gasteiger partial charge in [-0.3, -0.25) is 0 Å². The van der Waals surface area contributed by atoms with Gasteiger partial charge in [-0.05, 0) is 93.7 Å². The van der Waals surface area contributed by atoms with E-state index < -0.39 is 5.41 Å². The van der Waals surface area contributed by atoms with Crippen LogP contribution in [-0.2, 0) is 18.3 Å². The van der Waals surface area contributed by atoms with E-state index in [0.29, 0.717) is 0 Å². The van der Waals surface area contributed by atoms with Gasteiger partial charge in [-0.15, -0.1) is 0 Å². The van der Waals surface area contributed by atoms with Crippen molar-refractivity contribution in [3.05, 3.63) is 131 Å². The first-order valence-corrected chi connectivity index (χ1v) is 11.8. The molecule has 0 spiro atoms. The van der Waals surface area contributed by atoms with Crippen LogP contribution < -0.4 is 0 Å². The second kappa shape index (κ2) is 7.78. The van der Waals surface area contributed by atoms with Gasteiger partial charge in [0.1, 0.15) is 11.5 Å². The Balaban J connectivity index is 1.49. The predicted molar refractivity (Wildman–Crippen MR) is 139 cm³/mol. The van der Waals surface area contributed by atoms with Crippen molar-refractivity contribution in [1.29, 1.82) is 0 Å². The van der Waals surface area contributed by atoms with Gasteiger partial charge in [0.15, 0.2) is 0 Å². The second-order valence-electron chi connectivity index (χ2n) is 9.40. The molecule has 2 heteroatoms. The molecule has 1 aliphatic carbocycles. The Hall–Kier alpha value is -4.04. The lowest BCUT2D eigenvalue weighted by atomic mass is 9.71. The Morgan fingerprint density at radius 3 is 1.59 bits per heavy atom. The number of hydrogen-bond acceptors (Lipinski definition) is 2. The molecule has 34 heavy (non-hydrogen) atoms. The van der Waals surface area contributed by atoms with Crippen LogP contribution >= 0.6 is 0 Å². The molecule has 0 atom stereocenters. The number of hydrogen-bond donors (Lipinski definition) is 2. The van der Waals surface area contributed by atoms with Crippen molar-refractivity contribution in [2.45, 2.75) is 25.2 Å². The van der Waals surface area contributed by atoms with Gasteiger partial charge in [0.2, 0.25) is 0 Å². The molecule has 6 rings (SSSR count). The molecule has 0 bridgehead atoms. The smallest absolute Gasteiger partial charge is 0.115 e. The fourth-order valence-corrected chi connectivity index (χ4v) is 5.41. The SMILES string of the molecule is CC(c1ccc(O)cc1)(c1ccc(O)cc1)c1ccc(-c2cc3c(c4ccccc24)CC3)cc1. The van der Waals surface area contributed by atoms with Crippen LogP contribution in [0.25, 0.3) is 21.9 Å². The molecule has 0 saturated carbocycles. The second-order valence-corrected chi connectivity index (χ2v) is 9.40. The Labute approximate surface area is 199 Å². The van der Waals surface area contributed by atoms with E-state index in [-0.39, 0.29) is 11.5 Å². The van der Waals surface area contributed by atoms with E-state index in [1.165, 1.54) is 39.4 Å². The summed E-state index contributed by atoms with van der Waals surface area (Å²) in [5.41, 5.74) is 8.35. The third-order valence-electron chi connectivity index (χ3n) is 7.56. The summed E-state index contributed by atoms with van der Waals surface area (Å²) in [6.45, 7) is 2.20. The van der Waals surface area contributed by atoms with Crippen molar-refractivity contribution in [3.63, 3.8) is 0 Å². The quantitative estimate of drug-likeness (QED) is 0.285. The first kappa shape index (κ1) is 20.6. The molecule has 0 amide bonds. The van der Waals surface area contributed by atoms with E-state index in [2.05, 4.69) is 61.5 Å². The van der Waals surface area contributed by atoms with Crippen LogP contribution in [0.4, 0.5) is 0 Å². The van der Waals surface area contributed by atoms with E-state index in [1.807, 2.05) is 24.3 Å². The number of aromatic hydroxyl groups is 2. The van der Waals surface area contributed by atoms with Crippen LogP contribution in [0.2, 0.25) is 0 Å². The molecule has 0 heterocycles. The average Bonchev–Trinajstić information content (AvgIpc) is 2.85. The van der Waals surface area contributed by atoms with Crippen molar-refractivity contribution in [2.24, 2.45) is 0 Å². The Kier molecular flexibility index (Phi) is 4.70. The Morgan fingerprint density at radius 1 is 0.588 bits per heavy atom. The molecule has 5 aromatic rings. The minimum atomic E-state index is -0.442. The van der Waals surface area contributed by atoms with Crippen LogP contribution in [0.15, 0.2) is 103 Å². The molecule has 2 nitrogen and oxygen atoms in total. The van der Waals surface area contributed by atoms with Gasteiger partial charge in [0.25, 0.3) is 0 Å². The normalized spacial score (nSPS) is 12.9. The standard InChI is InChI=1S/C32H26O2/c1-32(24-11-15-26(33)16-12-24,25-13-17-27(34)18-14-25)23-9-6-21(7-10-23)31-20-22-8-19-28(22)29-4-2-3-5-30(29)31/h2-7,9-18,20,33-34H,8,19H2,1H3. The fourth-order valence-electron chi connectivity index (χ4n) is 5.41. The maximum Gasteiger partial charge on any atom is 0.115 e.